The molecule has 1 saturated heterocycles. The molecule has 4 N–H and O–H groups in total. The molecular weight excluding hydrogens is 416 g/mol. The molecule has 0 saturated carbocycles. The molecule has 2 heterocycles. The standard InChI is InChI=1S/C22H26N4O4S/c1-13(25-16-7-8-17(28-2)18(10-16)29-3)19-21(31-12-24-19)26-20(23)14-5-4-6-15(9-14)22(27)11-30-22/h4-7,9-10,12-13,17,25,27H,8,11H2,1-3H3,(H2,23,26). The van der Waals surface area contributed by atoms with Gasteiger partial charge in [-0.3, -0.25) is 0 Å². The number of aliphatic hydroxyl groups is 1. The van der Waals surface area contributed by atoms with Gasteiger partial charge in [-0.15, -0.1) is 11.3 Å². The molecule has 4 rings (SSSR count). The second-order valence-electron chi connectivity index (χ2n) is 7.43. The van der Waals surface area contributed by atoms with Crippen molar-refractivity contribution >= 4 is 22.2 Å². The van der Waals surface area contributed by atoms with E-state index in [2.05, 4.69) is 21.4 Å². The molecule has 1 aliphatic heterocycles. The molecule has 31 heavy (non-hydrogen) atoms. The lowest BCUT2D eigenvalue weighted by Crippen LogP contribution is -2.24. The first-order chi connectivity index (χ1) is 14.9. The molecule has 2 aromatic rings. The molecule has 0 bridgehead atoms. The van der Waals surface area contributed by atoms with Crippen LogP contribution in [0.3, 0.4) is 0 Å². The number of amidine groups is 1. The zero-order valence-corrected chi connectivity index (χ0v) is 18.5. The van der Waals surface area contributed by atoms with Gasteiger partial charge in [0, 0.05) is 36.4 Å². The third kappa shape index (κ3) is 4.64. The molecule has 9 heteroatoms. The maximum atomic E-state index is 10.2. The van der Waals surface area contributed by atoms with Crippen LogP contribution in [0.4, 0.5) is 5.00 Å². The summed E-state index contributed by atoms with van der Waals surface area (Å²) in [7, 11) is 3.31. The van der Waals surface area contributed by atoms with E-state index in [1.807, 2.05) is 31.2 Å². The Morgan fingerprint density at radius 1 is 1.45 bits per heavy atom. The maximum absolute atomic E-state index is 10.2. The number of allylic oxidation sites excluding steroid dienone is 1. The van der Waals surface area contributed by atoms with Crippen LogP contribution >= 0.6 is 11.3 Å². The molecule has 2 aliphatic rings. The number of nitrogens with one attached hydrogen (secondary N) is 1. The van der Waals surface area contributed by atoms with Crippen molar-refractivity contribution in [3.05, 3.63) is 70.2 Å². The van der Waals surface area contributed by atoms with Gasteiger partial charge in [0.05, 0.1) is 24.4 Å². The van der Waals surface area contributed by atoms with E-state index in [-0.39, 0.29) is 18.8 Å². The van der Waals surface area contributed by atoms with Crippen LogP contribution in [0.25, 0.3) is 0 Å². The number of epoxide rings is 1. The van der Waals surface area contributed by atoms with Gasteiger partial charge in [0.25, 0.3) is 0 Å². The number of aromatic nitrogens is 1. The van der Waals surface area contributed by atoms with Crippen molar-refractivity contribution in [2.24, 2.45) is 10.7 Å². The van der Waals surface area contributed by atoms with Gasteiger partial charge in [0.15, 0.2) is 0 Å². The number of aliphatic imine (C=N–C) groups is 1. The molecule has 164 valence electrons. The van der Waals surface area contributed by atoms with E-state index < -0.39 is 5.79 Å². The van der Waals surface area contributed by atoms with E-state index in [4.69, 9.17) is 19.9 Å². The zero-order chi connectivity index (χ0) is 22.0. The minimum absolute atomic E-state index is 0.0695. The van der Waals surface area contributed by atoms with Crippen molar-refractivity contribution in [1.29, 1.82) is 0 Å². The largest absolute Gasteiger partial charge is 0.498 e. The van der Waals surface area contributed by atoms with Crippen LogP contribution in [-0.4, -0.2) is 42.9 Å². The summed E-state index contributed by atoms with van der Waals surface area (Å²) < 4.78 is 16.0. The highest BCUT2D eigenvalue weighted by molar-refractivity contribution is 7.13. The second kappa shape index (κ2) is 8.80. The number of thiazole rings is 1. The number of nitrogens with zero attached hydrogens (tertiary/aromatic N) is 2. The monoisotopic (exact) mass is 442 g/mol. The first-order valence-corrected chi connectivity index (χ1v) is 10.8. The zero-order valence-electron chi connectivity index (χ0n) is 17.7. The summed E-state index contributed by atoms with van der Waals surface area (Å²) in [6.07, 6.45) is 4.67. The molecule has 0 spiro atoms. The molecular formula is C22H26N4O4S. The van der Waals surface area contributed by atoms with Crippen LogP contribution in [0, 0.1) is 0 Å². The molecule has 1 aliphatic carbocycles. The topological polar surface area (TPSA) is 115 Å². The Morgan fingerprint density at radius 3 is 2.97 bits per heavy atom. The Morgan fingerprint density at radius 2 is 2.26 bits per heavy atom. The van der Waals surface area contributed by atoms with Crippen LogP contribution in [0.15, 0.2) is 58.4 Å². The lowest BCUT2D eigenvalue weighted by atomic mass is 10.1. The number of hydrogen-bond acceptors (Lipinski definition) is 8. The highest BCUT2D eigenvalue weighted by Crippen LogP contribution is 2.36. The predicted octanol–water partition coefficient (Wildman–Crippen LogP) is 2.84. The van der Waals surface area contributed by atoms with Gasteiger partial charge in [0.2, 0.25) is 5.79 Å². The van der Waals surface area contributed by atoms with Gasteiger partial charge >= 0.3 is 0 Å². The molecule has 1 aromatic carbocycles. The third-order valence-corrected chi connectivity index (χ3v) is 6.04. The van der Waals surface area contributed by atoms with Gasteiger partial charge < -0.3 is 30.4 Å². The number of methoxy groups -OCH3 is 2. The Hall–Kier alpha value is -2.72. The minimum Gasteiger partial charge on any atom is -0.498 e. The Kier molecular flexibility index (Phi) is 6.10. The third-order valence-electron chi connectivity index (χ3n) is 5.30. The molecule has 8 nitrogen and oxygen atoms in total. The normalized spacial score (nSPS) is 24.3. The quantitative estimate of drug-likeness (QED) is 0.327. The van der Waals surface area contributed by atoms with E-state index in [1.54, 1.807) is 25.8 Å². The SMILES string of the molecule is COC1=CC(NC(C)c2ncsc2N=C(N)c2cccc(C3(O)CO3)c2)=CCC1OC. The van der Waals surface area contributed by atoms with Gasteiger partial charge in [-0.1, -0.05) is 24.3 Å². The number of nitrogens with two attached hydrogens (primary N) is 1. The minimum atomic E-state index is -1.20. The maximum Gasteiger partial charge on any atom is 0.217 e. The summed E-state index contributed by atoms with van der Waals surface area (Å²) >= 11 is 1.42. The van der Waals surface area contributed by atoms with Crippen molar-refractivity contribution in [3.8, 4) is 0 Å². The van der Waals surface area contributed by atoms with Gasteiger partial charge in [-0.25, -0.2) is 9.98 Å². The van der Waals surface area contributed by atoms with Gasteiger partial charge in [-0.2, -0.15) is 0 Å². The summed E-state index contributed by atoms with van der Waals surface area (Å²) in [6.45, 7) is 2.31. The summed E-state index contributed by atoms with van der Waals surface area (Å²) in [6, 6.07) is 7.19. The first-order valence-electron chi connectivity index (χ1n) is 9.93. The number of rotatable bonds is 8. The average molecular weight is 443 g/mol. The van der Waals surface area contributed by atoms with E-state index in [1.165, 1.54) is 11.3 Å². The molecule has 0 amide bonds. The fourth-order valence-electron chi connectivity index (χ4n) is 3.44. The molecule has 3 atom stereocenters. The Balaban J connectivity index is 1.51. The van der Waals surface area contributed by atoms with E-state index in [9.17, 15) is 5.11 Å². The molecule has 3 unspecified atom stereocenters. The predicted molar refractivity (Wildman–Crippen MR) is 119 cm³/mol. The van der Waals surface area contributed by atoms with Crippen LogP contribution < -0.4 is 11.1 Å². The van der Waals surface area contributed by atoms with Crippen molar-refractivity contribution in [2.75, 3.05) is 20.8 Å². The van der Waals surface area contributed by atoms with Crippen molar-refractivity contribution in [3.63, 3.8) is 0 Å². The van der Waals surface area contributed by atoms with E-state index in [0.29, 0.717) is 11.4 Å². The highest BCUT2D eigenvalue weighted by atomic mass is 32.1. The highest BCUT2D eigenvalue weighted by Gasteiger charge is 2.44. The van der Waals surface area contributed by atoms with Gasteiger partial charge in [-0.05, 0) is 13.0 Å². The summed E-state index contributed by atoms with van der Waals surface area (Å²) in [5.74, 6) is -0.0686. The van der Waals surface area contributed by atoms with Crippen LogP contribution in [0.2, 0.25) is 0 Å². The van der Waals surface area contributed by atoms with Crippen LogP contribution in [0.1, 0.15) is 36.2 Å². The van der Waals surface area contributed by atoms with E-state index >= 15 is 0 Å². The van der Waals surface area contributed by atoms with Gasteiger partial charge in [0.1, 0.15) is 29.3 Å². The molecule has 1 aromatic heterocycles. The number of benzene rings is 1. The molecule has 0 radical (unpaired) electrons. The van der Waals surface area contributed by atoms with Crippen molar-refractivity contribution < 1.29 is 19.3 Å². The average Bonchev–Trinajstić information content (AvgIpc) is 3.37. The summed E-state index contributed by atoms with van der Waals surface area (Å²) in [5, 5.41) is 14.3. The first kappa shape index (κ1) is 21.5. The lowest BCUT2D eigenvalue weighted by Gasteiger charge is -2.23. The van der Waals surface area contributed by atoms with Crippen LogP contribution in [-0.2, 0) is 20.0 Å². The Labute approximate surface area is 185 Å². The lowest BCUT2D eigenvalue weighted by molar-refractivity contribution is 0.0334. The van der Waals surface area contributed by atoms with Crippen molar-refractivity contribution in [1.82, 2.24) is 10.3 Å². The summed E-state index contributed by atoms with van der Waals surface area (Å²) in [4.78, 5) is 9.11. The smallest absolute Gasteiger partial charge is 0.217 e. The number of ether oxygens (including phenoxy) is 3. The summed E-state index contributed by atoms with van der Waals surface area (Å²) in [5.41, 5.74) is 11.2. The molecule has 1 fully saturated rings. The fourth-order valence-corrected chi connectivity index (χ4v) is 4.20. The van der Waals surface area contributed by atoms with E-state index in [0.717, 1.165) is 34.1 Å². The second-order valence-corrected chi connectivity index (χ2v) is 8.26. The number of hydrogen-bond donors (Lipinski definition) is 3. The van der Waals surface area contributed by atoms with Crippen molar-refractivity contribution in [2.45, 2.75) is 31.3 Å². The fraction of sp³-hybridized carbons (Fsp3) is 0.364. The Bertz CT molecular complexity index is 1040. The van der Waals surface area contributed by atoms with Crippen LogP contribution in [0.5, 0.6) is 0 Å².